The van der Waals surface area contributed by atoms with Gasteiger partial charge in [-0.3, -0.25) is 0 Å². The third kappa shape index (κ3) is 3.91. The molecule has 0 bridgehead atoms. The molecule has 0 spiro atoms. The SMILES string of the molecule is O=C([O-])/C=C/C=C/c1ccccc1. The zero-order valence-electron chi connectivity index (χ0n) is 7.01. The van der Waals surface area contributed by atoms with Crippen molar-refractivity contribution in [3.63, 3.8) is 0 Å². The summed E-state index contributed by atoms with van der Waals surface area (Å²) < 4.78 is 0. The van der Waals surface area contributed by atoms with Gasteiger partial charge in [-0.15, -0.1) is 0 Å². The molecule has 0 N–H and O–H groups in total. The molecule has 0 fully saturated rings. The first-order chi connectivity index (χ1) is 6.29. The van der Waals surface area contributed by atoms with Crippen molar-refractivity contribution in [1.82, 2.24) is 0 Å². The van der Waals surface area contributed by atoms with E-state index in [1.54, 1.807) is 6.08 Å². The van der Waals surface area contributed by atoms with Crippen molar-refractivity contribution < 1.29 is 9.90 Å². The maximum atomic E-state index is 9.98. The van der Waals surface area contributed by atoms with E-state index in [0.717, 1.165) is 11.6 Å². The standard InChI is InChI=1S/C11H10O2/c12-11(13)9-5-4-8-10-6-2-1-3-7-10/h1-9H,(H,12,13)/p-1/b8-4+,9-5+. The second-order valence-corrected chi connectivity index (χ2v) is 2.45. The Hall–Kier alpha value is -1.83. The second kappa shape index (κ2) is 4.93. The van der Waals surface area contributed by atoms with Crippen molar-refractivity contribution in [3.8, 4) is 0 Å². The summed E-state index contributed by atoms with van der Waals surface area (Å²) in [6.07, 6.45) is 5.90. The number of carbonyl (C=O) groups excluding carboxylic acids is 1. The number of carbonyl (C=O) groups is 1. The van der Waals surface area contributed by atoms with Crippen LogP contribution in [0.15, 0.2) is 48.6 Å². The van der Waals surface area contributed by atoms with E-state index in [1.165, 1.54) is 6.08 Å². The molecule has 0 unspecified atom stereocenters. The van der Waals surface area contributed by atoms with E-state index in [9.17, 15) is 9.90 Å². The van der Waals surface area contributed by atoms with Crippen LogP contribution in [0.5, 0.6) is 0 Å². The van der Waals surface area contributed by atoms with E-state index >= 15 is 0 Å². The van der Waals surface area contributed by atoms with E-state index in [-0.39, 0.29) is 0 Å². The molecule has 0 saturated heterocycles. The lowest BCUT2D eigenvalue weighted by Crippen LogP contribution is -2.18. The molecule has 0 aliphatic carbocycles. The van der Waals surface area contributed by atoms with Crippen LogP contribution in [-0.2, 0) is 4.79 Å². The number of aliphatic carboxylic acids is 1. The van der Waals surface area contributed by atoms with Gasteiger partial charge < -0.3 is 9.90 Å². The highest BCUT2D eigenvalue weighted by Gasteiger charge is 1.79. The predicted molar refractivity (Wildman–Crippen MR) is 49.6 cm³/mol. The molecular formula is C11H9O2-. The number of rotatable bonds is 3. The maximum Gasteiger partial charge on any atom is 0.0642 e. The van der Waals surface area contributed by atoms with Gasteiger partial charge in [0.2, 0.25) is 0 Å². The Kier molecular flexibility index (Phi) is 3.51. The van der Waals surface area contributed by atoms with Crippen molar-refractivity contribution in [2.24, 2.45) is 0 Å². The highest BCUT2D eigenvalue weighted by Crippen LogP contribution is 2.00. The molecule has 0 aliphatic rings. The molecule has 0 atom stereocenters. The van der Waals surface area contributed by atoms with Crippen LogP contribution < -0.4 is 5.11 Å². The fourth-order valence-electron chi connectivity index (χ4n) is 0.865. The molecule has 2 nitrogen and oxygen atoms in total. The molecule has 0 amide bonds. The van der Waals surface area contributed by atoms with E-state index in [2.05, 4.69) is 0 Å². The number of benzene rings is 1. The van der Waals surface area contributed by atoms with Crippen molar-refractivity contribution in [2.75, 3.05) is 0 Å². The average Bonchev–Trinajstić information content (AvgIpc) is 2.14. The molecule has 2 heteroatoms. The third-order valence-electron chi connectivity index (χ3n) is 1.43. The van der Waals surface area contributed by atoms with E-state index < -0.39 is 5.97 Å². The number of hydrogen-bond donors (Lipinski definition) is 0. The Morgan fingerprint density at radius 2 is 1.85 bits per heavy atom. The number of allylic oxidation sites excluding steroid dienone is 2. The van der Waals surface area contributed by atoms with Crippen LogP contribution in [-0.4, -0.2) is 5.97 Å². The van der Waals surface area contributed by atoms with Crippen LogP contribution in [0.25, 0.3) is 6.08 Å². The summed E-state index contributed by atoms with van der Waals surface area (Å²) in [4.78, 5) is 9.98. The van der Waals surface area contributed by atoms with E-state index in [1.807, 2.05) is 36.4 Å². The van der Waals surface area contributed by atoms with E-state index in [4.69, 9.17) is 0 Å². The fraction of sp³-hybridized carbons (Fsp3) is 0. The molecule has 1 rings (SSSR count). The van der Waals surface area contributed by atoms with Crippen molar-refractivity contribution in [3.05, 3.63) is 54.1 Å². The summed E-state index contributed by atoms with van der Waals surface area (Å²) >= 11 is 0. The lowest BCUT2D eigenvalue weighted by Gasteiger charge is -1.89. The van der Waals surface area contributed by atoms with Gasteiger partial charge in [0.1, 0.15) is 0 Å². The molecule has 1 aromatic carbocycles. The van der Waals surface area contributed by atoms with Crippen LogP contribution >= 0.6 is 0 Å². The van der Waals surface area contributed by atoms with E-state index in [0.29, 0.717) is 0 Å². The monoisotopic (exact) mass is 173 g/mol. The summed E-state index contributed by atoms with van der Waals surface area (Å²) in [5.74, 6) is -1.18. The van der Waals surface area contributed by atoms with Crippen molar-refractivity contribution in [1.29, 1.82) is 0 Å². The zero-order valence-corrected chi connectivity index (χ0v) is 7.01. The second-order valence-electron chi connectivity index (χ2n) is 2.45. The van der Waals surface area contributed by atoms with Gasteiger partial charge in [0.05, 0.1) is 5.97 Å². The zero-order chi connectivity index (χ0) is 9.52. The Morgan fingerprint density at radius 3 is 2.46 bits per heavy atom. The first-order valence-corrected chi connectivity index (χ1v) is 3.90. The Balaban J connectivity index is 2.55. The highest BCUT2D eigenvalue weighted by atomic mass is 16.4. The molecule has 0 saturated carbocycles. The summed E-state index contributed by atoms with van der Waals surface area (Å²) in [6.45, 7) is 0. The van der Waals surface area contributed by atoms with Crippen LogP contribution in [0.2, 0.25) is 0 Å². The normalized spacial score (nSPS) is 11.1. The van der Waals surface area contributed by atoms with Gasteiger partial charge in [0.25, 0.3) is 0 Å². The number of carboxylic acid groups (broad SMARTS) is 1. The topological polar surface area (TPSA) is 40.1 Å². The minimum absolute atomic E-state index is 0.986. The summed E-state index contributed by atoms with van der Waals surface area (Å²) in [6, 6.07) is 9.63. The first kappa shape index (κ1) is 9.26. The predicted octanol–water partition coefficient (Wildman–Crippen LogP) is 1.01. The molecule has 66 valence electrons. The number of carboxylic acids is 1. The smallest absolute Gasteiger partial charge is 0.0642 e. The van der Waals surface area contributed by atoms with Gasteiger partial charge in [-0.2, -0.15) is 0 Å². The third-order valence-corrected chi connectivity index (χ3v) is 1.43. The van der Waals surface area contributed by atoms with Gasteiger partial charge in [-0.05, 0) is 11.6 Å². The van der Waals surface area contributed by atoms with Gasteiger partial charge in [0.15, 0.2) is 0 Å². The van der Waals surface area contributed by atoms with Crippen molar-refractivity contribution >= 4 is 12.0 Å². The Morgan fingerprint density at radius 1 is 1.15 bits per heavy atom. The maximum absolute atomic E-state index is 9.98. The molecular weight excluding hydrogens is 164 g/mol. The highest BCUT2D eigenvalue weighted by molar-refractivity contribution is 5.78. The molecule has 1 aromatic rings. The molecule has 13 heavy (non-hydrogen) atoms. The minimum atomic E-state index is -1.18. The fourth-order valence-corrected chi connectivity index (χ4v) is 0.865. The van der Waals surface area contributed by atoms with Crippen LogP contribution in [0, 0.1) is 0 Å². The van der Waals surface area contributed by atoms with Gasteiger partial charge in [-0.25, -0.2) is 0 Å². The van der Waals surface area contributed by atoms with Crippen LogP contribution in [0.1, 0.15) is 5.56 Å². The van der Waals surface area contributed by atoms with Crippen LogP contribution in [0.4, 0.5) is 0 Å². The molecule has 0 aromatic heterocycles. The summed E-state index contributed by atoms with van der Waals surface area (Å²) in [5, 5.41) is 9.98. The lowest BCUT2D eigenvalue weighted by atomic mass is 10.2. The van der Waals surface area contributed by atoms with Crippen LogP contribution in [0.3, 0.4) is 0 Å². The average molecular weight is 173 g/mol. The Bertz CT molecular complexity index is 323. The largest absolute Gasteiger partial charge is 0.545 e. The molecule has 0 heterocycles. The summed E-state index contributed by atoms with van der Waals surface area (Å²) in [5.41, 5.74) is 1.03. The molecule has 0 aliphatic heterocycles. The van der Waals surface area contributed by atoms with Gasteiger partial charge >= 0.3 is 0 Å². The van der Waals surface area contributed by atoms with Crippen molar-refractivity contribution in [2.45, 2.75) is 0 Å². The quantitative estimate of drug-likeness (QED) is 0.505. The number of hydrogen-bond acceptors (Lipinski definition) is 2. The minimum Gasteiger partial charge on any atom is -0.545 e. The lowest BCUT2D eigenvalue weighted by molar-refractivity contribution is -0.297. The Labute approximate surface area is 76.8 Å². The van der Waals surface area contributed by atoms with Gasteiger partial charge in [0, 0.05) is 0 Å². The van der Waals surface area contributed by atoms with Gasteiger partial charge in [-0.1, -0.05) is 48.6 Å². The first-order valence-electron chi connectivity index (χ1n) is 3.90. The summed E-state index contributed by atoms with van der Waals surface area (Å²) in [7, 11) is 0. The molecule has 0 radical (unpaired) electrons.